The van der Waals surface area contributed by atoms with E-state index in [1.54, 1.807) is 25.3 Å². The summed E-state index contributed by atoms with van der Waals surface area (Å²) in [7, 11) is 1.61. The first-order valence-electron chi connectivity index (χ1n) is 9.20. The SMILES string of the molecule is CNC(=O)c1ccc(/C=C/C(=O)N2CCCC(N3CCCC3)C2)cc1. The Bertz CT molecular complexity index is 633. The van der Waals surface area contributed by atoms with Crippen molar-refractivity contribution in [3.05, 3.63) is 41.5 Å². The van der Waals surface area contributed by atoms with Crippen LogP contribution >= 0.6 is 0 Å². The number of piperidine rings is 1. The smallest absolute Gasteiger partial charge is 0.251 e. The van der Waals surface area contributed by atoms with Crippen LogP contribution in [0.5, 0.6) is 0 Å². The fraction of sp³-hybridized carbons (Fsp3) is 0.500. The Kier molecular flexibility index (Phi) is 5.87. The van der Waals surface area contributed by atoms with Crippen molar-refractivity contribution in [2.75, 3.05) is 33.2 Å². The van der Waals surface area contributed by atoms with Gasteiger partial charge < -0.3 is 10.2 Å². The molecule has 5 nitrogen and oxygen atoms in total. The molecule has 1 unspecified atom stereocenters. The summed E-state index contributed by atoms with van der Waals surface area (Å²) in [4.78, 5) is 28.6. The van der Waals surface area contributed by atoms with Gasteiger partial charge in [-0.3, -0.25) is 14.5 Å². The molecule has 0 aliphatic carbocycles. The van der Waals surface area contributed by atoms with E-state index in [0.29, 0.717) is 11.6 Å². The third-order valence-electron chi connectivity index (χ3n) is 5.18. The maximum Gasteiger partial charge on any atom is 0.251 e. The molecule has 2 heterocycles. The maximum atomic E-state index is 12.5. The average Bonchev–Trinajstić information content (AvgIpc) is 3.21. The van der Waals surface area contributed by atoms with E-state index in [4.69, 9.17) is 0 Å². The molecule has 0 aromatic heterocycles. The van der Waals surface area contributed by atoms with Crippen molar-refractivity contribution >= 4 is 17.9 Å². The lowest BCUT2D eigenvalue weighted by molar-refractivity contribution is -0.127. The number of hydrogen-bond donors (Lipinski definition) is 1. The number of carbonyl (C=O) groups is 2. The van der Waals surface area contributed by atoms with Gasteiger partial charge in [0.25, 0.3) is 5.91 Å². The van der Waals surface area contributed by atoms with Crippen molar-refractivity contribution in [3.63, 3.8) is 0 Å². The Morgan fingerprint density at radius 2 is 1.80 bits per heavy atom. The normalized spacial score (nSPS) is 21.6. The van der Waals surface area contributed by atoms with E-state index < -0.39 is 0 Å². The van der Waals surface area contributed by atoms with Gasteiger partial charge in [0.2, 0.25) is 5.91 Å². The fourth-order valence-electron chi connectivity index (χ4n) is 3.72. The molecule has 2 amide bonds. The van der Waals surface area contributed by atoms with Gasteiger partial charge in [0, 0.05) is 37.8 Å². The van der Waals surface area contributed by atoms with E-state index in [0.717, 1.165) is 25.1 Å². The van der Waals surface area contributed by atoms with Crippen molar-refractivity contribution in [1.82, 2.24) is 15.1 Å². The first-order chi connectivity index (χ1) is 12.2. The van der Waals surface area contributed by atoms with Crippen molar-refractivity contribution < 1.29 is 9.59 Å². The number of hydrogen-bond acceptors (Lipinski definition) is 3. The van der Waals surface area contributed by atoms with Gasteiger partial charge in [0.1, 0.15) is 0 Å². The fourth-order valence-corrected chi connectivity index (χ4v) is 3.72. The molecule has 1 atom stereocenters. The lowest BCUT2D eigenvalue weighted by atomic mass is 10.0. The topological polar surface area (TPSA) is 52.7 Å². The molecule has 2 aliphatic rings. The van der Waals surface area contributed by atoms with Gasteiger partial charge in [0.05, 0.1) is 0 Å². The van der Waals surface area contributed by atoms with E-state index in [1.807, 2.05) is 23.1 Å². The van der Waals surface area contributed by atoms with Crippen LogP contribution in [-0.4, -0.2) is 60.9 Å². The quantitative estimate of drug-likeness (QED) is 0.854. The Labute approximate surface area is 149 Å². The molecule has 1 N–H and O–H groups in total. The predicted molar refractivity (Wildman–Crippen MR) is 99.3 cm³/mol. The van der Waals surface area contributed by atoms with Crippen LogP contribution < -0.4 is 5.32 Å². The Morgan fingerprint density at radius 1 is 1.08 bits per heavy atom. The van der Waals surface area contributed by atoms with E-state index in [9.17, 15) is 9.59 Å². The molecule has 0 saturated carbocycles. The standard InChI is InChI=1S/C20H27N3O2/c1-21-20(25)17-9-6-16(7-10-17)8-11-19(24)23-14-4-5-18(15-23)22-12-2-3-13-22/h6-11,18H,2-5,12-15H2,1H3,(H,21,25)/b11-8+. The maximum absolute atomic E-state index is 12.5. The van der Waals surface area contributed by atoms with Crippen molar-refractivity contribution in [2.45, 2.75) is 31.7 Å². The molecular weight excluding hydrogens is 314 g/mol. The van der Waals surface area contributed by atoms with Crippen LogP contribution in [0, 0.1) is 0 Å². The Hall–Kier alpha value is -2.14. The van der Waals surface area contributed by atoms with E-state index in [1.165, 1.54) is 32.4 Å². The Balaban J connectivity index is 1.57. The first kappa shape index (κ1) is 17.7. The second-order valence-corrected chi connectivity index (χ2v) is 6.86. The summed E-state index contributed by atoms with van der Waals surface area (Å²) in [6.07, 6.45) is 8.35. The lowest BCUT2D eigenvalue weighted by Gasteiger charge is -2.37. The highest BCUT2D eigenvalue weighted by atomic mass is 16.2. The van der Waals surface area contributed by atoms with Crippen LogP contribution in [0.1, 0.15) is 41.6 Å². The zero-order chi connectivity index (χ0) is 17.6. The number of nitrogens with one attached hydrogen (secondary N) is 1. The second kappa shape index (κ2) is 8.30. The van der Waals surface area contributed by atoms with Crippen LogP contribution in [0.2, 0.25) is 0 Å². The summed E-state index contributed by atoms with van der Waals surface area (Å²) < 4.78 is 0. The van der Waals surface area contributed by atoms with Gasteiger partial charge in [-0.1, -0.05) is 12.1 Å². The number of carbonyl (C=O) groups excluding carboxylic acids is 2. The summed E-state index contributed by atoms with van der Waals surface area (Å²) in [6, 6.07) is 7.79. The zero-order valence-corrected chi connectivity index (χ0v) is 14.9. The third-order valence-corrected chi connectivity index (χ3v) is 5.18. The Morgan fingerprint density at radius 3 is 2.48 bits per heavy atom. The van der Waals surface area contributed by atoms with E-state index in [2.05, 4.69) is 10.2 Å². The van der Waals surface area contributed by atoms with Crippen LogP contribution in [0.4, 0.5) is 0 Å². The molecule has 0 bridgehead atoms. The predicted octanol–water partition coefficient (Wildman–Crippen LogP) is 2.15. The molecule has 5 heteroatoms. The second-order valence-electron chi connectivity index (χ2n) is 6.86. The highest BCUT2D eigenvalue weighted by Crippen LogP contribution is 2.20. The monoisotopic (exact) mass is 341 g/mol. The van der Waals surface area contributed by atoms with Gasteiger partial charge in [0.15, 0.2) is 0 Å². The summed E-state index contributed by atoms with van der Waals surface area (Å²) >= 11 is 0. The molecule has 2 fully saturated rings. The molecule has 1 aromatic rings. The van der Waals surface area contributed by atoms with E-state index >= 15 is 0 Å². The van der Waals surface area contributed by atoms with Gasteiger partial charge in [-0.2, -0.15) is 0 Å². The highest BCUT2D eigenvalue weighted by molar-refractivity contribution is 5.94. The van der Waals surface area contributed by atoms with Crippen molar-refractivity contribution in [2.24, 2.45) is 0 Å². The minimum Gasteiger partial charge on any atom is -0.355 e. The van der Waals surface area contributed by atoms with Crippen LogP contribution in [0.25, 0.3) is 6.08 Å². The molecule has 2 aliphatic heterocycles. The highest BCUT2D eigenvalue weighted by Gasteiger charge is 2.28. The molecule has 1 aromatic carbocycles. The van der Waals surface area contributed by atoms with Gasteiger partial charge in [-0.05, 0) is 62.5 Å². The number of benzene rings is 1. The summed E-state index contributed by atoms with van der Waals surface area (Å²) in [6.45, 7) is 4.06. The molecule has 2 saturated heterocycles. The third kappa shape index (κ3) is 4.48. The number of likely N-dealkylation sites (tertiary alicyclic amines) is 2. The average molecular weight is 341 g/mol. The minimum absolute atomic E-state index is 0.0827. The van der Waals surface area contributed by atoms with Crippen molar-refractivity contribution in [3.8, 4) is 0 Å². The summed E-state index contributed by atoms with van der Waals surface area (Å²) in [5.74, 6) is -0.0212. The molecule has 3 rings (SSSR count). The van der Waals surface area contributed by atoms with Crippen molar-refractivity contribution in [1.29, 1.82) is 0 Å². The molecule has 0 radical (unpaired) electrons. The summed E-state index contributed by atoms with van der Waals surface area (Å²) in [5.41, 5.74) is 1.55. The minimum atomic E-state index is -0.104. The zero-order valence-electron chi connectivity index (χ0n) is 14.9. The molecule has 134 valence electrons. The van der Waals surface area contributed by atoms with Crippen LogP contribution in [-0.2, 0) is 4.79 Å². The largest absolute Gasteiger partial charge is 0.355 e. The molecule has 0 spiro atoms. The van der Waals surface area contributed by atoms with Gasteiger partial charge >= 0.3 is 0 Å². The molecular formula is C20H27N3O2. The molecule has 25 heavy (non-hydrogen) atoms. The van der Waals surface area contributed by atoms with E-state index in [-0.39, 0.29) is 11.8 Å². The number of rotatable bonds is 4. The summed E-state index contributed by atoms with van der Waals surface area (Å²) in [5, 5.41) is 2.60. The number of amides is 2. The van der Waals surface area contributed by atoms with Crippen LogP contribution in [0.3, 0.4) is 0 Å². The first-order valence-corrected chi connectivity index (χ1v) is 9.20. The lowest BCUT2D eigenvalue weighted by Crippen LogP contribution is -2.48. The number of nitrogens with zero attached hydrogens (tertiary/aromatic N) is 2. The van der Waals surface area contributed by atoms with Crippen LogP contribution in [0.15, 0.2) is 30.3 Å². The van der Waals surface area contributed by atoms with Gasteiger partial charge in [-0.25, -0.2) is 0 Å². The van der Waals surface area contributed by atoms with Gasteiger partial charge in [-0.15, -0.1) is 0 Å².